The highest BCUT2D eigenvalue weighted by Gasteiger charge is 2.78. The summed E-state index contributed by atoms with van der Waals surface area (Å²) < 4.78 is 6.46. The lowest BCUT2D eigenvalue weighted by atomic mass is 9.66. The second-order valence-electron chi connectivity index (χ2n) is 10.3. The van der Waals surface area contributed by atoms with Gasteiger partial charge in [-0.2, -0.15) is 0 Å². The Hall–Kier alpha value is -1.67. The van der Waals surface area contributed by atoms with Gasteiger partial charge in [0.05, 0.1) is 30.1 Å². The van der Waals surface area contributed by atoms with Crippen LogP contribution in [0.5, 0.6) is 0 Å². The standard InChI is InChI=1S/C21H35N3O5/c1-11(2)12(10-25)24-15(17(27)23-19(3,4)5)21-9-8-20(6,29-21)13(16(26)22-7)14(21)18(24)28/h11-15,25H,8-10H2,1-7H3,(H,22,26)(H,23,27)/t12-,13+,14-,15?,20-,21?/m0/s1. The maximum Gasteiger partial charge on any atom is 0.246 e. The highest BCUT2D eigenvalue weighted by molar-refractivity contribution is 5.99. The van der Waals surface area contributed by atoms with Gasteiger partial charge in [0.15, 0.2) is 0 Å². The number of hydrogen-bond donors (Lipinski definition) is 3. The lowest BCUT2D eigenvalue weighted by molar-refractivity contribution is -0.151. The molecular weight excluding hydrogens is 374 g/mol. The highest BCUT2D eigenvalue weighted by Crippen LogP contribution is 2.63. The predicted molar refractivity (Wildman–Crippen MR) is 107 cm³/mol. The summed E-state index contributed by atoms with van der Waals surface area (Å²) in [5.74, 6) is -2.26. The zero-order valence-corrected chi connectivity index (χ0v) is 18.5. The number of fused-ring (bicyclic) bond motifs is 1. The van der Waals surface area contributed by atoms with E-state index >= 15 is 0 Å². The number of aliphatic hydroxyl groups excluding tert-OH is 1. The summed E-state index contributed by atoms with van der Waals surface area (Å²) >= 11 is 0. The Morgan fingerprint density at radius 3 is 2.38 bits per heavy atom. The Morgan fingerprint density at radius 1 is 1.28 bits per heavy atom. The summed E-state index contributed by atoms with van der Waals surface area (Å²) in [7, 11) is 1.55. The average molecular weight is 410 g/mol. The number of carbonyl (C=O) groups is 3. The molecule has 164 valence electrons. The fraction of sp³-hybridized carbons (Fsp3) is 0.857. The van der Waals surface area contributed by atoms with Crippen molar-refractivity contribution in [2.75, 3.05) is 13.7 Å². The molecule has 1 spiro atoms. The van der Waals surface area contributed by atoms with Gasteiger partial charge >= 0.3 is 0 Å². The van der Waals surface area contributed by atoms with E-state index in [4.69, 9.17) is 4.74 Å². The molecule has 0 saturated carbocycles. The molecule has 0 radical (unpaired) electrons. The minimum Gasteiger partial charge on any atom is -0.394 e. The van der Waals surface area contributed by atoms with Crippen LogP contribution in [-0.4, -0.2) is 70.2 Å². The third kappa shape index (κ3) is 3.15. The van der Waals surface area contributed by atoms with E-state index < -0.39 is 40.7 Å². The van der Waals surface area contributed by atoms with Crippen LogP contribution in [0.2, 0.25) is 0 Å². The number of nitrogens with one attached hydrogen (secondary N) is 2. The highest BCUT2D eigenvalue weighted by atomic mass is 16.5. The molecule has 29 heavy (non-hydrogen) atoms. The minimum atomic E-state index is -1.05. The Kier molecular flexibility index (Phi) is 5.27. The maximum absolute atomic E-state index is 13.7. The van der Waals surface area contributed by atoms with Crippen molar-refractivity contribution in [3.05, 3.63) is 0 Å². The van der Waals surface area contributed by atoms with Crippen LogP contribution in [0.25, 0.3) is 0 Å². The fourth-order valence-corrected chi connectivity index (χ4v) is 5.64. The summed E-state index contributed by atoms with van der Waals surface area (Å²) in [6.45, 7) is 11.1. The van der Waals surface area contributed by atoms with E-state index in [0.29, 0.717) is 12.8 Å². The van der Waals surface area contributed by atoms with E-state index in [2.05, 4.69) is 10.6 Å². The van der Waals surface area contributed by atoms with Crippen molar-refractivity contribution >= 4 is 17.7 Å². The summed E-state index contributed by atoms with van der Waals surface area (Å²) in [6.07, 6.45) is 1.13. The summed E-state index contributed by atoms with van der Waals surface area (Å²) in [5.41, 5.74) is -2.33. The number of rotatable bonds is 5. The van der Waals surface area contributed by atoms with Crippen LogP contribution < -0.4 is 10.6 Å². The van der Waals surface area contributed by atoms with Gasteiger partial charge in [-0.15, -0.1) is 0 Å². The molecule has 3 N–H and O–H groups in total. The first-order valence-electron chi connectivity index (χ1n) is 10.5. The van der Waals surface area contributed by atoms with E-state index in [1.165, 1.54) is 4.90 Å². The second-order valence-corrected chi connectivity index (χ2v) is 10.3. The molecule has 3 fully saturated rings. The molecule has 3 amide bonds. The smallest absolute Gasteiger partial charge is 0.246 e. The summed E-state index contributed by atoms with van der Waals surface area (Å²) in [6, 6.07) is -1.41. The number of ether oxygens (including phenoxy) is 1. The van der Waals surface area contributed by atoms with E-state index in [1.54, 1.807) is 7.05 Å². The van der Waals surface area contributed by atoms with Gasteiger partial charge in [0, 0.05) is 12.6 Å². The third-order valence-electron chi connectivity index (χ3n) is 6.80. The molecule has 3 aliphatic heterocycles. The lowest BCUT2D eigenvalue weighted by Crippen LogP contribution is -2.61. The van der Waals surface area contributed by atoms with Crippen molar-refractivity contribution in [1.29, 1.82) is 0 Å². The van der Waals surface area contributed by atoms with Crippen LogP contribution in [0.4, 0.5) is 0 Å². The van der Waals surface area contributed by atoms with Crippen LogP contribution in [0.3, 0.4) is 0 Å². The summed E-state index contributed by atoms with van der Waals surface area (Å²) in [4.78, 5) is 41.5. The van der Waals surface area contributed by atoms with Crippen molar-refractivity contribution in [3.8, 4) is 0 Å². The Labute approximate surface area is 172 Å². The monoisotopic (exact) mass is 409 g/mol. The van der Waals surface area contributed by atoms with Gasteiger partial charge in [-0.1, -0.05) is 13.8 Å². The van der Waals surface area contributed by atoms with E-state index in [0.717, 1.165) is 0 Å². The van der Waals surface area contributed by atoms with Gasteiger partial charge < -0.3 is 25.4 Å². The largest absolute Gasteiger partial charge is 0.394 e. The number of carbonyl (C=O) groups excluding carboxylic acids is 3. The van der Waals surface area contributed by atoms with Crippen LogP contribution in [0, 0.1) is 17.8 Å². The zero-order valence-electron chi connectivity index (χ0n) is 18.5. The van der Waals surface area contributed by atoms with Crippen LogP contribution in [0.1, 0.15) is 54.4 Å². The molecule has 0 aromatic carbocycles. The quantitative estimate of drug-likeness (QED) is 0.610. The molecule has 8 nitrogen and oxygen atoms in total. The average Bonchev–Trinajstić information content (AvgIpc) is 3.15. The van der Waals surface area contributed by atoms with Crippen LogP contribution in [0.15, 0.2) is 0 Å². The van der Waals surface area contributed by atoms with Crippen molar-refractivity contribution in [1.82, 2.24) is 15.5 Å². The maximum atomic E-state index is 13.7. The van der Waals surface area contributed by atoms with Crippen molar-refractivity contribution < 1.29 is 24.2 Å². The van der Waals surface area contributed by atoms with Crippen molar-refractivity contribution in [2.45, 2.75) is 83.2 Å². The zero-order chi connectivity index (χ0) is 21.9. The predicted octanol–water partition coefficient (Wildman–Crippen LogP) is 0.429. The minimum absolute atomic E-state index is 0.0599. The number of hydrogen-bond acceptors (Lipinski definition) is 5. The van der Waals surface area contributed by atoms with Crippen molar-refractivity contribution in [3.63, 3.8) is 0 Å². The molecule has 2 unspecified atom stereocenters. The van der Waals surface area contributed by atoms with Gasteiger partial charge in [-0.05, 0) is 46.5 Å². The molecule has 0 aromatic rings. The molecule has 3 saturated heterocycles. The molecule has 0 aromatic heterocycles. The van der Waals surface area contributed by atoms with Gasteiger partial charge in [0.1, 0.15) is 11.6 Å². The van der Waals surface area contributed by atoms with Gasteiger partial charge in [-0.25, -0.2) is 0 Å². The van der Waals surface area contributed by atoms with E-state index in [1.807, 2.05) is 41.5 Å². The first-order chi connectivity index (χ1) is 13.3. The third-order valence-corrected chi connectivity index (χ3v) is 6.80. The van der Waals surface area contributed by atoms with Gasteiger partial charge in [0.2, 0.25) is 17.7 Å². The summed E-state index contributed by atoms with van der Waals surface area (Å²) in [5, 5.41) is 15.7. The van der Waals surface area contributed by atoms with Gasteiger partial charge in [0.25, 0.3) is 0 Å². The van der Waals surface area contributed by atoms with Crippen molar-refractivity contribution in [2.24, 2.45) is 17.8 Å². The topological polar surface area (TPSA) is 108 Å². The molecule has 6 atom stereocenters. The second kappa shape index (κ2) is 6.94. The molecular formula is C21H35N3O5. The normalized spacial score (nSPS) is 37.1. The molecule has 3 heterocycles. The van der Waals surface area contributed by atoms with E-state index in [9.17, 15) is 19.5 Å². The fourth-order valence-electron chi connectivity index (χ4n) is 5.64. The molecule has 2 bridgehead atoms. The van der Waals surface area contributed by atoms with E-state index in [-0.39, 0.29) is 30.2 Å². The first-order valence-corrected chi connectivity index (χ1v) is 10.5. The number of amides is 3. The Morgan fingerprint density at radius 2 is 1.90 bits per heavy atom. The SMILES string of the molecule is CNC(=O)[C@H]1[C@H]2C(=O)N([C@@H](CO)C(C)C)C(C(=O)NC(C)(C)C)C23CC[C@]1(C)O3. The number of aliphatic hydroxyl groups is 1. The molecule has 3 aliphatic rings. The lowest BCUT2D eigenvalue weighted by Gasteiger charge is -2.39. The molecule has 3 rings (SSSR count). The van der Waals surface area contributed by atoms with Gasteiger partial charge in [-0.3, -0.25) is 14.4 Å². The molecule has 8 heteroatoms. The number of likely N-dealkylation sites (tertiary alicyclic amines) is 1. The Bertz CT molecular complexity index is 718. The number of nitrogens with zero attached hydrogens (tertiary/aromatic N) is 1. The van der Waals surface area contributed by atoms with Crippen LogP contribution >= 0.6 is 0 Å². The van der Waals surface area contributed by atoms with Crippen LogP contribution in [-0.2, 0) is 19.1 Å². The molecule has 0 aliphatic carbocycles. The first kappa shape index (κ1) is 22.0. The Balaban J connectivity index is 2.13.